The second-order valence-corrected chi connectivity index (χ2v) is 9.36. The first-order chi connectivity index (χ1) is 17.7. The summed E-state index contributed by atoms with van der Waals surface area (Å²) in [6, 6.07) is 11.0. The summed E-state index contributed by atoms with van der Waals surface area (Å²) in [5.41, 5.74) is 8.54. The number of hydrogen-bond acceptors (Lipinski definition) is 10. The highest BCUT2D eigenvalue weighted by atomic mass is 16.5. The average molecular weight is 499 g/mol. The van der Waals surface area contributed by atoms with Gasteiger partial charge in [0.25, 0.3) is 0 Å². The van der Waals surface area contributed by atoms with Gasteiger partial charge >= 0.3 is 0 Å². The summed E-state index contributed by atoms with van der Waals surface area (Å²) in [5, 5.41) is 10.4. The van der Waals surface area contributed by atoms with Crippen LogP contribution < -0.4 is 26.6 Å². The highest BCUT2D eigenvalue weighted by molar-refractivity contribution is 5.52. The Morgan fingerprint density at radius 1 is 1.03 bits per heavy atom. The van der Waals surface area contributed by atoms with Crippen LogP contribution in [-0.4, -0.2) is 86.7 Å². The van der Waals surface area contributed by atoms with Crippen LogP contribution >= 0.6 is 0 Å². The first-order valence-corrected chi connectivity index (χ1v) is 13.2. The number of piperazine rings is 1. The summed E-state index contributed by atoms with van der Waals surface area (Å²) >= 11 is 0. The Hall–Kier alpha value is -2.50. The molecule has 2 fully saturated rings. The van der Waals surface area contributed by atoms with E-state index in [9.17, 15) is 0 Å². The minimum Gasteiger partial charge on any atom is -0.383 e. The van der Waals surface area contributed by atoms with E-state index in [4.69, 9.17) is 20.2 Å². The van der Waals surface area contributed by atoms with Crippen LogP contribution in [0.3, 0.4) is 0 Å². The molecule has 0 saturated carbocycles. The molecule has 10 heteroatoms. The smallest absolute Gasteiger partial charge is 0.226 e. The van der Waals surface area contributed by atoms with Crippen molar-refractivity contribution in [2.45, 2.75) is 38.9 Å². The lowest BCUT2D eigenvalue weighted by atomic mass is 10.1. The summed E-state index contributed by atoms with van der Waals surface area (Å²) in [5.74, 6) is 1.93. The molecule has 0 spiro atoms. The molecule has 5 N–H and O–H groups in total. The molecule has 1 aromatic carbocycles. The molecule has 198 valence electrons. The molecule has 2 aromatic rings. The Balaban J connectivity index is 1.19. The summed E-state index contributed by atoms with van der Waals surface area (Å²) in [7, 11) is 0. The molecule has 2 aliphatic rings. The maximum absolute atomic E-state index is 6.11. The van der Waals surface area contributed by atoms with E-state index in [0.29, 0.717) is 24.4 Å². The van der Waals surface area contributed by atoms with Crippen LogP contribution in [0.15, 0.2) is 30.3 Å². The molecule has 0 radical (unpaired) electrons. The van der Waals surface area contributed by atoms with Crippen molar-refractivity contribution in [1.29, 1.82) is 0 Å². The molecule has 0 amide bonds. The summed E-state index contributed by atoms with van der Waals surface area (Å²) in [4.78, 5) is 13.8. The Bertz CT molecular complexity index is 899. The van der Waals surface area contributed by atoms with Gasteiger partial charge in [-0.2, -0.15) is 9.97 Å². The van der Waals surface area contributed by atoms with Gasteiger partial charge in [0.15, 0.2) is 0 Å². The SMILES string of the molecule is CCOCCN1CCN(c2cc(N)nc(NCc3ccc(CNCNC4CCOCC4)cc3)n2)CC1. The lowest BCUT2D eigenvalue weighted by Gasteiger charge is -2.35. The van der Waals surface area contributed by atoms with Crippen molar-refractivity contribution in [2.24, 2.45) is 0 Å². The van der Waals surface area contributed by atoms with Crippen LogP contribution in [0.1, 0.15) is 30.9 Å². The Kier molecular flexibility index (Phi) is 10.5. The highest BCUT2D eigenvalue weighted by Crippen LogP contribution is 2.19. The summed E-state index contributed by atoms with van der Waals surface area (Å²) in [6.07, 6.45) is 2.18. The molecule has 36 heavy (non-hydrogen) atoms. The third-order valence-corrected chi connectivity index (χ3v) is 6.72. The molecule has 0 unspecified atom stereocenters. The van der Waals surface area contributed by atoms with Gasteiger partial charge in [0, 0.05) is 84.4 Å². The number of hydrogen-bond donors (Lipinski definition) is 4. The highest BCUT2D eigenvalue weighted by Gasteiger charge is 2.19. The van der Waals surface area contributed by atoms with Gasteiger partial charge in [0.1, 0.15) is 11.6 Å². The van der Waals surface area contributed by atoms with Crippen molar-refractivity contribution >= 4 is 17.6 Å². The molecule has 4 rings (SSSR count). The number of rotatable bonds is 13. The molecule has 3 heterocycles. The Morgan fingerprint density at radius 3 is 2.47 bits per heavy atom. The van der Waals surface area contributed by atoms with E-state index in [0.717, 1.165) is 91.0 Å². The monoisotopic (exact) mass is 498 g/mol. The quantitative estimate of drug-likeness (QED) is 0.240. The first kappa shape index (κ1) is 26.6. The lowest BCUT2D eigenvalue weighted by Crippen LogP contribution is -2.47. The van der Waals surface area contributed by atoms with E-state index in [1.54, 1.807) is 0 Å². The van der Waals surface area contributed by atoms with E-state index >= 15 is 0 Å². The summed E-state index contributed by atoms with van der Waals surface area (Å²) in [6.45, 7) is 12.4. The van der Waals surface area contributed by atoms with Crippen LogP contribution in [0.5, 0.6) is 0 Å². The van der Waals surface area contributed by atoms with E-state index in [2.05, 4.69) is 55.0 Å². The average Bonchev–Trinajstić information content (AvgIpc) is 2.91. The number of aromatic nitrogens is 2. The third-order valence-electron chi connectivity index (χ3n) is 6.72. The zero-order valence-corrected chi connectivity index (χ0v) is 21.5. The van der Waals surface area contributed by atoms with Crippen LogP contribution in [0.2, 0.25) is 0 Å². The van der Waals surface area contributed by atoms with E-state index in [1.165, 1.54) is 11.1 Å². The van der Waals surface area contributed by atoms with Crippen LogP contribution in [0, 0.1) is 0 Å². The number of anilines is 3. The van der Waals surface area contributed by atoms with Crippen molar-refractivity contribution < 1.29 is 9.47 Å². The van der Waals surface area contributed by atoms with Crippen molar-refractivity contribution in [2.75, 3.05) is 81.8 Å². The van der Waals surface area contributed by atoms with E-state index in [-0.39, 0.29) is 0 Å². The number of nitrogens with zero attached hydrogens (tertiary/aromatic N) is 4. The van der Waals surface area contributed by atoms with Crippen LogP contribution in [-0.2, 0) is 22.6 Å². The van der Waals surface area contributed by atoms with Gasteiger partial charge < -0.3 is 36.1 Å². The second kappa shape index (κ2) is 14.3. The number of nitrogens with two attached hydrogens (primary N) is 1. The zero-order valence-electron chi connectivity index (χ0n) is 21.5. The van der Waals surface area contributed by atoms with Crippen LogP contribution in [0.4, 0.5) is 17.6 Å². The molecule has 1 aromatic heterocycles. The van der Waals surface area contributed by atoms with Crippen molar-refractivity contribution in [1.82, 2.24) is 25.5 Å². The van der Waals surface area contributed by atoms with Gasteiger partial charge in [0.05, 0.1) is 6.61 Å². The normalized spacial score (nSPS) is 17.4. The fourth-order valence-electron chi connectivity index (χ4n) is 4.51. The first-order valence-electron chi connectivity index (χ1n) is 13.2. The molecule has 0 atom stereocenters. The number of benzene rings is 1. The zero-order chi connectivity index (χ0) is 25.0. The maximum atomic E-state index is 6.11. The van der Waals surface area contributed by atoms with Crippen molar-refractivity contribution in [3.05, 3.63) is 41.5 Å². The van der Waals surface area contributed by atoms with Gasteiger partial charge in [-0.05, 0) is 30.9 Å². The molecule has 0 bridgehead atoms. The maximum Gasteiger partial charge on any atom is 0.226 e. The van der Waals surface area contributed by atoms with Crippen molar-refractivity contribution in [3.8, 4) is 0 Å². The Morgan fingerprint density at radius 2 is 1.75 bits per heavy atom. The topological polar surface area (TPSA) is 113 Å². The molecular weight excluding hydrogens is 456 g/mol. The fourth-order valence-corrected chi connectivity index (χ4v) is 4.51. The fraction of sp³-hybridized carbons (Fsp3) is 0.615. The minimum atomic E-state index is 0.483. The summed E-state index contributed by atoms with van der Waals surface area (Å²) < 4.78 is 10.9. The predicted molar refractivity (Wildman–Crippen MR) is 144 cm³/mol. The standard InChI is InChI=1S/C26H42N8O2/c1-2-35-16-13-33-9-11-34(12-10-33)25-17-24(27)31-26(32-25)29-19-22-5-3-21(4-6-22)18-28-20-30-23-7-14-36-15-8-23/h3-6,17,23,28,30H,2,7-16,18-20H2,1H3,(H3,27,29,31,32). The van der Waals surface area contributed by atoms with Crippen molar-refractivity contribution in [3.63, 3.8) is 0 Å². The molecule has 2 saturated heterocycles. The van der Waals surface area contributed by atoms with Gasteiger partial charge in [0.2, 0.25) is 5.95 Å². The second-order valence-electron chi connectivity index (χ2n) is 9.36. The van der Waals surface area contributed by atoms with Gasteiger partial charge in [-0.15, -0.1) is 0 Å². The molecular formula is C26H42N8O2. The van der Waals surface area contributed by atoms with E-state index in [1.807, 2.05) is 13.0 Å². The predicted octanol–water partition coefficient (Wildman–Crippen LogP) is 1.65. The molecule has 2 aliphatic heterocycles. The minimum absolute atomic E-state index is 0.483. The van der Waals surface area contributed by atoms with Gasteiger partial charge in [-0.1, -0.05) is 24.3 Å². The number of nitrogens with one attached hydrogen (secondary N) is 3. The van der Waals surface area contributed by atoms with Gasteiger partial charge in [-0.3, -0.25) is 4.90 Å². The van der Waals surface area contributed by atoms with E-state index < -0.39 is 0 Å². The van der Waals surface area contributed by atoms with Crippen LogP contribution in [0.25, 0.3) is 0 Å². The number of nitrogen functional groups attached to an aromatic ring is 1. The lowest BCUT2D eigenvalue weighted by molar-refractivity contribution is 0.0775. The largest absolute Gasteiger partial charge is 0.383 e. The molecule has 0 aliphatic carbocycles. The third kappa shape index (κ3) is 8.56. The van der Waals surface area contributed by atoms with Gasteiger partial charge in [-0.25, -0.2) is 0 Å². The molecule has 10 nitrogen and oxygen atoms in total. The Labute approximate surface area is 214 Å². The number of ether oxygens (including phenoxy) is 2.